The van der Waals surface area contributed by atoms with Crippen LogP contribution in [0.25, 0.3) is 5.70 Å². The number of nitrogens with one attached hydrogen (secondary N) is 2. The van der Waals surface area contributed by atoms with Gasteiger partial charge in [-0.25, -0.2) is 4.79 Å². The Balaban J connectivity index is 1.35. The second kappa shape index (κ2) is 8.41. The summed E-state index contributed by atoms with van der Waals surface area (Å²) in [4.78, 5) is 20.2. The van der Waals surface area contributed by atoms with E-state index in [0.717, 1.165) is 23.4 Å². The van der Waals surface area contributed by atoms with Crippen molar-refractivity contribution in [3.05, 3.63) is 71.3 Å². The molecular formula is C25H28F3N3O2. The van der Waals surface area contributed by atoms with Crippen LogP contribution in [0.15, 0.2) is 54.6 Å². The molecule has 1 saturated heterocycles. The van der Waals surface area contributed by atoms with E-state index in [9.17, 15) is 18.0 Å². The van der Waals surface area contributed by atoms with E-state index in [0.29, 0.717) is 31.6 Å². The van der Waals surface area contributed by atoms with Crippen molar-refractivity contribution in [2.75, 3.05) is 18.4 Å². The van der Waals surface area contributed by atoms with E-state index in [1.165, 1.54) is 17.7 Å². The highest BCUT2D eigenvalue weighted by Crippen LogP contribution is 2.35. The number of urea groups is 1. The van der Waals surface area contributed by atoms with Crippen molar-refractivity contribution in [3.8, 4) is 0 Å². The van der Waals surface area contributed by atoms with Gasteiger partial charge in [0.25, 0.3) is 0 Å². The van der Waals surface area contributed by atoms with Gasteiger partial charge in [-0.05, 0) is 46.9 Å². The Kier molecular flexibility index (Phi) is 5.90. The van der Waals surface area contributed by atoms with Gasteiger partial charge < -0.3 is 10.2 Å². The molecule has 0 atom stereocenters. The van der Waals surface area contributed by atoms with Crippen LogP contribution in [0.1, 0.15) is 50.3 Å². The molecule has 1 spiro atoms. The maximum Gasteiger partial charge on any atom is 0.416 e. The Morgan fingerprint density at radius 3 is 2.09 bits per heavy atom. The number of rotatable bonds is 2. The first-order valence-corrected chi connectivity index (χ1v) is 11.0. The number of hydrogen-bond donors (Lipinski definition) is 2. The van der Waals surface area contributed by atoms with Gasteiger partial charge in [-0.1, -0.05) is 45.0 Å². The SMILES string of the molecule is CC(C)(C)c1ccc(C2=CC3(CCN(C(=O)Nc4ccc(C(F)(F)F)cc4)CC3)ON2)cc1. The van der Waals surface area contributed by atoms with Crippen molar-refractivity contribution in [2.24, 2.45) is 0 Å². The number of hydroxylamine groups is 1. The van der Waals surface area contributed by atoms with Gasteiger partial charge in [0.05, 0.1) is 11.3 Å². The lowest BCUT2D eigenvalue weighted by Crippen LogP contribution is -2.48. The average molecular weight is 460 g/mol. The molecule has 2 aliphatic heterocycles. The highest BCUT2D eigenvalue weighted by molar-refractivity contribution is 5.89. The fourth-order valence-electron chi connectivity index (χ4n) is 4.05. The molecule has 4 rings (SSSR count). The van der Waals surface area contributed by atoms with Crippen molar-refractivity contribution in [2.45, 2.75) is 50.8 Å². The largest absolute Gasteiger partial charge is 0.416 e. The predicted molar refractivity (Wildman–Crippen MR) is 121 cm³/mol. The number of hydrogen-bond acceptors (Lipinski definition) is 3. The number of alkyl halides is 3. The van der Waals surface area contributed by atoms with Crippen molar-refractivity contribution in [3.63, 3.8) is 0 Å². The lowest BCUT2D eigenvalue weighted by Gasteiger charge is -2.36. The zero-order valence-corrected chi connectivity index (χ0v) is 18.9. The molecule has 0 saturated carbocycles. The Hall–Kier alpha value is -3.00. The number of carbonyl (C=O) groups excluding carboxylic acids is 1. The zero-order valence-electron chi connectivity index (χ0n) is 18.9. The molecule has 0 aliphatic carbocycles. The first kappa shape index (κ1) is 23.2. The highest BCUT2D eigenvalue weighted by atomic mass is 19.4. The summed E-state index contributed by atoms with van der Waals surface area (Å²) in [5, 5.41) is 2.67. The Morgan fingerprint density at radius 1 is 0.970 bits per heavy atom. The Bertz CT molecular complexity index is 1030. The quantitative estimate of drug-likeness (QED) is 0.584. The van der Waals surface area contributed by atoms with Crippen LogP contribution < -0.4 is 10.8 Å². The number of nitrogens with zero attached hydrogens (tertiary/aromatic N) is 1. The number of piperidine rings is 1. The van der Waals surface area contributed by atoms with Gasteiger partial charge in [0, 0.05) is 31.6 Å². The van der Waals surface area contributed by atoms with Crippen molar-refractivity contribution >= 4 is 17.4 Å². The fourth-order valence-corrected chi connectivity index (χ4v) is 4.05. The number of likely N-dealkylation sites (tertiary alicyclic amines) is 1. The standard InChI is InChI=1S/C25H28F3N3O2/c1-23(2,3)18-6-4-17(5-7-18)21-16-24(33-30-21)12-14-31(15-13-24)22(32)29-20-10-8-19(9-11-20)25(26,27)28/h4-11,16,30H,12-15H2,1-3H3,(H,29,32). The molecular weight excluding hydrogens is 431 g/mol. The molecule has 2 N–H and O–H groups in total. The van der Waals surface area contributed by atoms with Crippen molar-refractivity contribution < 1.29 is 22.8 Å². The van der Waals surface area contributed by atoms with E-state index in [2.05, 4.69) is 61.9 Å². The molecule has 1 fully saturated rings. The second-order valence-corrected chi connectivity index (χ2v) is 9.65. The summed E-state index contributed by atoms with van der Waals surface area (Å²) in [7, 11) is 0. The normalized spacial score (nSPS) is 18.1. The molecule has 0 aromatic heterocycles. The van der Waals surface area contributed by atoms with E-state index in [1.807, 2.05) is 0 Å². The maximum atomic E-state index is 12.7. The summed E-state index contributed by atoms with van der Waals surface area (Å²) in [5.41, 5.74) is 5.44. The Morgan fingerprint density at radius 2 is 1.55 bits per heavy atom. The number of anilines is 1. The molecule has 2 amide bonds. The summed E-state index contributed by atoms with van der Waals surface area (Å²) >= 11 is 0. The summed E-state index contributed by atoms with van der Waals surface area (Å²) in [5.74, 6) is 0. The molecule has 2 aromatic carbocycles. The van der Waals surface area contributed by atoms with Crippen LogP contribution in [0.3, 0.4) is 0 Å². The molecule has 2 aromatic rings. The molecule has 0 radical (unpaired) electrons. The van der Waals surface area contributed by atoms with Gasteiger partial charge in [0.2, 0.25) is 0 Å². The summed E-state index contributed by atoms with van der Waals surface area (Å²) < 4.78 is 38.1. The van der Waals surface area contributed by atoms with Gasteiger partial charge >= 0.3 is 12.2 Å². The maximum absolute atomic E-state index is 12.7. The third kappa shape index (κ3) is 5.16. The van der Waals surface area contributed by atoms with Crippen LogP contribution in [0.4, 0.5) is 23.7 Å². The third-order valence-electron chi connectivity index (χ3n) is 6.19. The van der Waals surface area contributed by atoms with Crippen LogP contribution in [-0.4, -0.2) is 29.6 Å². The minimum absolute atomic E-state index is 0.0848. The fraction of sp³-hybridized carbons (Fsp3) is 0.400. The summed E-state index contributed by atoms with van der Waals surface area (Å²) in [6.07, 6.45) is -1.09. The lowest BCUT2D eigenvalue weighted by molar-refractivity contribution is -0.137. The topological polar surface area (TPSA) is 53.6 Å². The van der Waals surface area contributed by atoms with Gasteiger partial charge in [0.15, 0.2) is 0 Å². The average Bonchev–Trinajstić information content (AvgIpc) is 3.17. The van der Waals surface area contributed by atoms with Crippen molar-refractivity contribution in [1.29, 1.82) is 0 Å². The zero-order chi connectivity index (χ0) is 23.9. The molecule has 33 heavy (non-hydrogen) atoms. The highest BCUT2D eigenvalue weighted by Gasteiger charge is 2.40. The number of benzene rings is 2. The van der Waals surface area contributed by atoms with Crippen LogP contribution in [0.5, 0.6) is 0 Å². The number of carbonyl (C=O) groups is 1. The van der Waals surface area contributed by atoms with E-state index in [1.54, 1.807) is 4.90 Å². The van der Waals surface area contributed by atoms with E-state index in [-0.39, 0.29) is 11.4 Å². The number of halogens is 3. The van der Waals surface area contributed by atoms with Gasteiger partial charge in [-0.3, -0.25) is 10.3 Å². The molecule has 5 nitrogen and oxygen atoms in total. The summed E-state index contributed by atoms with van der Waals surface area (Å²) in [6, 6.07) is 12.5. The van der Waals surface area contributed by atoms with Crippen LogP contribution in [0.2, 0.25) is 0 Å². The first-order valence-electron chi connectivity index (χ1n) is 11.0. The molecule has 0 bridgehead atoms. The van der Waals surface area contributed by atoms with Gasteiger partial charge in [0.1, 0.15) is 5.60 Å². The molecule has 176 valence electrons. The molecule has 2 heterocycles. The second-order valence-electron chi connectivity index (χ2n) is 9.65. The smallest absolute Gasteiger partial charge is 0.324 e. The van der Waals surface area contributed by atoms with Gasteiger partial charge in [-0.15, -0.1) is 0 Å². The van der Waals surface area contributed by atoms with E-state index in [4.69, 9.17) is 4.84 Å². The minimum Gasteiger partial charge on any atom is -0.324 e. The van der Waals surface area contributed by atoms with Crippen LogP contribution in [-0.2, 0) is 16.4 Å². The molecule has 0 unspecified atom stereocenters. The summed E-state index contributed by atoms with van der Waals surface area (Å²) in [6.45, 7) is 7.47. The lowest BCUT2D eigenvalue weighted by atomic mass is 9.86. The van der Waals surface area contributed by atoms with E-state index >= 15 is 0 Å². The Labute approximate surface area is 191 Å². The van der Waals surface area contributed by atoms with Gasteiger partial charge in [-0.2, -0.15) is 13.2 Å². The minimum atomic E-state index is -4.40. The van der Waals surface area contributed by atoms with Crippen molar-refractivity contribution in [1.82, 2.24) is 10.4 Å². The monoisotopic (exact) mass is 459 g/mol. The van der Waals surface area contributed by atoms with E-state index < -0.39 is 17.3 Å². The number of amides is 2. The first-order chi connectivity index (χ1) is 15.5. The van der Waals surface area contributed by atoms with Crippen LogP contribution >= 0.6 is 0 Å². The predicted octanol–water partition coefficient (Wildman–Crippen LogP) is 5.95. The molecule has 2 aliphatic rings. The molecule has 8 heteroatoms. The van der Waals surface area contributed by atoms with Crippen LogP contribution in [0, 0.1) is 0 Å². The third-order valence-corrected chi connectivity index (χ3v) is 6.19.